The molecule has 0 spiro atoms. The first-order valence-corrected chi connectivity index (χ1v) is 12.8. The maximum Gasteiger partial charge on any atom is 0.291 e. The Bertz CT molecular complexity index is 1530. The smallest absolute Gasteiger partial charge is 0.291 e. The fourth-order valence-electron chi connectivity index (χ4n) is 4.69. The minimum atomic E-state index is -0.664. The number of carbonyl (C=O) groups is 1. The van der Waals surface area contributed by atoms with Gasteiger partial charge >= 0.3 is 0 Å². The van der Waals surface area contributed by atoms with Crippen LogP contribution in [0.5, 0.6) is 11.5 Å². The average molecular weight is 518 g/mol. The van der Waals surface area contributed by atoms with Gasteiger partial charge in [-0.05, 0) is 61.7 Å². The van der Waals surface area contributed by atoms with Crippen LogP contribution in [0.3, 0.4) is 0 Å². The van der Waals surface area contributed by atoms with Gasteiger partial charge in [-0.2, -0.15) is 0 Å². The van der Waals surface area contributed by atoms with E-state index in [2.05, 4.69) is 0 Å². The third-order valence-electron chi connectivity index (χ3n) is 6.45. The minimum Gasteiger partial charge on any atom is -0.490 e. The average Bonchev–Trinajstić information content (AvgIpc) is 3.16. The molecule has 1 aromatic heterocycles. The van der Waals surface area contributed by atoms with Crippen LogP contribution in [0, 0.1) is 6.92 Å². The summed E-state index contributed by atoms with van der Waals surface area (Å²) in [6, 6.07) is 17.7. The molecule has 190 valence electrons. The van der Waals surface area contributed by atoms with Gasteiger partial charge in [0.1, 0.15) is 5.58 Å². The van der Waals surface area contributed by atoms with E-state index in [1.807, 2.05) is 63.2 Å². The van der Waals surface area contributed by atoms with Gasteiger partial charge in [-0.15, -0.1) is 0 Å². The quantitative estimate of drug-likeness (QED) is 0.260. The lowest BCUT2D eigenvalue weighted by Gasteiger charge is -2.26. The van der Waals surface area contributed by atoms with E-state index in [9.17, 15) is 9.59 Å². The largest absolute Gasteiger partial charge is 0.490 e. The fraction of sp³-hybridized carbons (Fsp3) is 0.267. The highest BCUT2D eigenvalue weighted by Gasteiger charge is 2.43. The molecule has 1 amide bonds. The second-order valence-electron chi connectivity index (χ2n) is 9.12. The van der Waals surface area contributed by atoms with Gasteiger partial charge in [0.25, 0.3) is 5.91 Å². The highest BCUT2D eigenvalue weighted by molar-refractivity contribution is 6.31. The first kappa shape index (κ1) is 24.9. The van der Waals surface area contributed by atoms with Crippen molar-refractivity contribution in [1.82, 2.24) is 4.90 Å². The molecule has 0 radical (unpaired) electrons. The Hall–Kier alpha value is -3.77. The molecule has 1 aliphatic heterocycles. The molecule has 1 unspecified atom stereocenters. The standard InChI is InChI=1S/C30H28ClNO5/c1-4-14-36-24-12-10-20(15-25(24)35-5-2)27-26-28(33)22-16-21(31)11-13-23(22)37-29(26)30(34)32(27)17-19-8-6-18(3)7-9-19/h6-13,15-16,27H,4-5,14,17H2,1-3H3. The van der Waals surface area contributed by atoms with Crippen LogP contribution in [-0.4, -0.2) is 24.0 Å². The molecule has 0 saturated heterocycles. The third-order valence-corrected chi connectivity index (χ3v) is 6.68. The number of hydrogen-bond acceptors (Lipinski definition) is 5. The third kappa shape index (κ3) is 4.69. The van der Waals surface area contributed by atoms with Crippen LogP contribution in [0.25, 0.3) is 11.0 Å². The topological polar surface area (TPSA) is 69.0 Å². The Balaban J connectivity index is 1.69. The van der Waals surface area contributed by atoms with E-state index in [0.29, 0.717) is 52.8 Å². The van der Waals surface area contributed by atoms with Gasteiger partial charge < -0.3 is 18.8 Å². The normalized spacial score (nSPS) is 14.8. The van der Waals surface area contributed by atoms with E-state index >= 15 is 0 Å². The number of hydrogen-bond donors (Lipinski definition) is 0. The van der Waals surface area contributed by atoms with E-state index in [1.165, 1.54) is 0 Å². The predicted molar refractivity (Wildman–Crippen MR) is 144 cm³/mol. The van der Waals surface area contributed by atoms with Crippen molar-refractivity contribution in [2.24, 2.45) is 0 Å². The SMILES string of the molecule is CCCOc1ccc(C2c3c(oc4ccc(Cl)cc4c3=O)C(=O)N2Cc2ccc(C)cc2)cc1OCC. The van der Waals surface area contributed by atoms with Crippen molar-refractivity contribution in [2.75, 3.05) is 13.2 Å². The molecule has 7 heteroatoms. The number of benzene rings is 3. The van der Waals surface area contributed by atoms with E-state index < -0.39 is 6.04 Å². The fourth-order valence-corrected chi connectivity index (χ4v) is 4.86. The molecular formula is C30H28ClNO5. The van der Waals surface area contributed by atoms with E-state index in [4.69, 9.17) is 25.5 Å². The Kier molecular flexibility index (Phi) is 6.94. The van der Waals surface area contributed by atoms with E-state index in [0.717, 1.165) is 23.1 Å². The highest BCUT2D eigenvalue weighted by atomic mass is 35.5. The summed E-state index contributed by atoms with van der Waals surface area (Å²) in [5.74, 6) is 0.914. The number of fused-ring (bicyclic) bond motifs is 2. The van der Waals surface area contributed by atoms with Gasteiger partial charge in [-0.3, -0.25) is 9.59 Å². The van der Waals surface area contributed by atoms with Crippen LogP contribution < -0.4 is 14.9 Å². The van der Waals surface area contributed by atoms with Crippen LogP contribution >= 0.6 is 11.6 Å². The molecule has 4 aromatic rings. The van der Waals surface area contributed by atoms with Gasteiger partial charge in [0.15, 0.2) is 16.9 Å². The van der Waals surface area contributed by atoms with E-state index in [1.54, 1.807) is 23.1 Å². The molecule has 6 nitrogen and oxygen atoms in total. The van der Waals surface area contributed by atoms with Crippen molar-refractivity contribution in [2.45, 2.75) is 39.8 Å². The van der Waals surface area contributed by atoms with E-state index in [-0.39, 0.29) is 17.1 Å². The Morgan fingerprint density at radius 3 is 2.46 bits per heavy atom. The summed E-state index contributed by atoms with van der Waals surface area (Å²) in [5, 5.41) is 0.766. The number of ether oxygens (including phenoxy) is 2. The molecule has 3 aromatic carbocycles. The number of nitrogens with zero attached hydrogens (tertiary/aromatic N) is 1. The molecule has 0 fully saturated rings. The second-order valence-corrected chi connectivity index (χ2v) is 9.56. The molecule has 0 bridgehead atoms. The van der Waals surface area contributed by atoms with Crippen LogP contribution in [0.2, 0.25) is 5.02 Å². The summed E-state index contributed by atoms with van der Waals surface area (Å²) in [4.78, 5) is 29.2. The molecule has 0 N–H and O–H groups in total. The van der Waals surface area contributed by atoms with Crippen molar-refractivity contribution < 1.29 is 18.7 Å². The molecular weight excluding hydrogens is 490 g/mol. The molecule has 5 rings (SSSR count). The molecule has 1 aliphatic rings. The van der Waals surface area contributed by atoms with Gasteiger partial charge in [0, 0.05) is 11.6 Å². The van der Waals surface area contributed by atoms with Gasteiger partial charge in [-0.1, -0.05) is 54.4 Å². The minimum absolute atomic E-state index is 0.0567. The van der Waals surface area contributed by atoms with Gasteiger partial charge in [0.2, 0.25) is 5.76 Å². The Morgan fingerprint density at radius 1 is 0.946 bits per heavy atom. The molecule has 2 heterocycles. The van der Waals surface area contributed by atoms with Crippen LogP contribution in [0.1, 0.15) is 59.1 Å². The summed E-state index contributed by atoms with van der Waals surface area (Å²) in [5.41, 5.74) is 3.17. The molecule has 37 heavy (non-hydrogen) atoms. The number of amides is 1. The first-order chi connectivity index (χ1) is 17.9. The lowest BCUT2D eigenvalue weighted by molar-refractivity contribution is 0.0714. The van der Waals surface area contributed by atoms with Crippen molar-refractivity contribution >= 4 is 28.5 Å². The summed E-state index contributed by atoms with van der Waals surface area (Å²) in [6.45, 7) is 7.26. The summed E-state index contributed by atoms with van der Waals surface area (Å²) in [7, 11) is 0. The summed E-state index contributed by atoms with van der Waals surface area (Å²) < 4.78 is 17.8. The Labute approximate surface area is 220 Å². The van der Waals surface area contributed by atoms with Crippen molar-refractivity contribution in [3.05, 3.63) is 104 Å². The zero-order valence-electron chi connectivity index (χ0n) is 21.0. The number of halogens is 1. The lowest BCUT2D eigenvalue weighted by Crippen LogP contribution is -2.29. The van der Waals surface area contributed by atoms with Crippen LogP contribution in [-0.2, 0) is 6.54 Å². The van der Waals surface area contributed by atoms with Gasteiger partial charge in [-0.25, -0.2) is 0 Å². The van der Waals surface area contributed by atoms with Crippen LogP contribution in [0.15, 0.2) is 69.9 Å². The van der Waals surface area contributed by atoms with Crippen molar-refractivity contribution in [3.8, 4) is 11.5 Å². The zero-order chi connectivity index (χ0) is 26.1. The molecule has 1 atom stereocenters. The van der Waals surface area contributed by atoms with Crippen LogP contribution in [0.4, 0.5) is 0 Å². The first-order valence-electron chi connectivity index (χ1n) is 12.4. The number of rotatable bonds is 8. The zero-order valence-corrected chi connectivity index (χ0v) is 21.8. The maximum absolute atomic E-state index is 13.8. The summed E-state index contributed by atoms with van der Waals surface area (Å²) >= 11 is 6.20. The number of aryl methyl sites for hydroxylation is 1. The van der Waals surface area contributed by atoms with Crippen molar-refractivity contribution in [1.29, 1.82) is 0 Å². The predicted octanol–water partition coefficient (Wildman–Crippen LogP) is 6.69. The summed E-state index contributed by atoms with van der Waals surface area (Å²) in [6.07, 6.45) is 0.860. The molecule has 0 saturated carbocycles. The number of carbonyl (C=O) groups excluding carboxylic acids is 1. The van der Waals surface area contributed by atoms with Gasteiger partial charge in [0.05, 0.1) is 30.2 Å². The second kappa shape index (κ2) is 10.3. The van der Waals surface area contributed by atoms with Crippen molar-refractivity contribution in [3.63, 3.8) is 0 Å². The monoisotopic (exact) mass is 517 g/mol. The lowest BCUT2D eigenvalue weighted by atomic mass is 9.97. The highest BCUT2D eigenvalue weighted by Crippen LogP contribution is 2.42. The molecule has 0 aliphatic carbocycles. The maximum atomic E-state index is 13.8. The Morgan fingerprint density at radius 2 is 1.73 bits per heavy atom.